The number of nitrogens with zero attached hydrogens (tertiary/aromatic N) is 5. The SMILES string of the molecule is C=CCN1C(=O)C(c2ccc([N+](=O)[O-])cc2)=C(N2CCN(c3ccccn3)CC2)C1=O. The Hall–Kier alpha value is -4.01. The van der Waals surface area contributed by atoms with Crippen molar-refractivity contribution in [2.75, 3.05) is 37.6 Å². The number of rotatable bonds is 6. The summed E-state index contributed by atoms with van der Waals surface area (Å²) in [6, 6.07) is 11.4. The lowest BCUT2D eigenvalue weighted by molar-refractivity contribution is -0.384. The smallest absolute Gasteiger partial charge is 0.278 e. The number of hydrogen-bond acceptors (Lipinski definition) is 7. The van der Waals surface area contributed by atoms with E-state index in [4.69, 9.17) is 0 Å². The molecular formula is C22H21N5O4. The summed E-state index contributed by atoms with van der Waals surface area (Å²) in [5.74, 6) is 0.0827. The van der Waals surface area contributed by atoms with Crippen molar-refractivity contribution in [2.24, 2.45) is 0 Å². The van der Waals surface area contributed by atoms with Crippen molar-refractivity contribution >= 4 is 28.9 Å². The third-order valence-corrected chi connectivity index (χ3v) is 5.39. The van der Waals surface area contributed by atoms with E-state index in [0.717, 1.165) is 10.7 Å². The number of benzene rings is 1. The van der Waals surface area contributed by atoms with Gasteiger partial charge in [-0.05, 0) is 29.8 Å². The third-order valence-electron chi connectivity index (χ3n) is 5.39. The van der Waals surface area contributed by atoms with Crippen molar-refractivity contribution in [3.05, 3.63) is 82.7 Å². The van der Waals surface area contributed by atoms with Crippen LogP contribution >= 0.6 is 0 Å². The molecule has 0 spiro atoms. The topological polar surface area (TPSA) is 99.9 Å². The third kappa shape index (κ3) is 3.77. The number of anilines is 1. The molecule has 0 saturated carbocycles. The van der Waals surface area contributed by atoms with Gasteiger partial charge in [-0.3, -0.25) is 24.6 Å². The summed E-state index contributed by atoms with van der Waals surface area (Å²) in [5.41, 5.74) is 1.02. The number of imide groups is 1. The van der Waals surface area contributed by atoms with Crippen molar-refractivity contribution in [3.63, 3.8) is 0 Å². The molecule has 0 N–H and O–H groups in total. The van der Waals surface area contributed by atoms with E-state index in [1.807, 2.05) is 23.1 Å². The highest BCUT2D eigenvalue weighted by Crippen LogP contribution is 2.33. The number of carbonyl (C=O) groups excluding carboxylic acids is 2. The van der Waals surface area contributed by atoms with Crippen molar-refractivity contribution in [2.45, 2.75) is 0 Å². The Kier molecular flexibility index (Phi) is 5.48. The van der Waals surface area contributed by atoms with E-state index in [-0.39, 0.29) is 23.7 Å². The van der Waals surface area contributed by atoms with Crippen LogP contribution in [0.4, 0.5) is 11.5 Å². The van der Waals surface area contributed by atoms with Crippen LogP contribution in [0.25, 0.3) is 5.57 Å². The largest absolute Gasteiger partial charge is 0.363 e. The summed E-state index contributed by atoms with van der Waals surface area (Å²) in [7, 11) is 0. The second-order valence-corrected chi connectivity index (χ2v) is 7.20. The summed E-state index contributed by atoms with van der Waals surface area (Å²) >= 11 is 0. The molecular weight excluding hydrogens is 398 g/mol. The van der Waals surface area contributed by atoms with Gasteiger partial charge in [0.2, 0.25) is 0 Å². The average molecular weight is 419 g/mol. The first-order valence-corrected chi connectivity index (χ1v) is 9.88. The zero-order chi connectivity index (χ0) is 22.0. The monoisotopic (exact) mass is 419 g/mol. The molecule has 2 aliphatic rings. The first-order chi connectivity index (χ1) is 15.0. The van der Waals surface area contributed by atoms with Crippen LogP contribution in [0.15, 0.2) is 67.0 Å². The quantitative estimate of drug-likeness (QED) is 0.306. The molecule has 1 saturated heterocycles. The van der Waals surface area contributed by atoms with Crippen molar-refractivity contribution in [3.8, 4) is 0 Å². The van der Waals surface area contributed by atoms with Gasteiger partial charge in [0, 0.05) is 51.1 Å². The highest BCUT2D eigenvalue weighted by molar-refractivity contribution is 6.35. The molecule has 1 fully saturated rings. The minimum atomic E-state index is -0.498. The number of carbonyl (C=O) groups is 2. The van der Waals surface area contributed by atoms with E-state index in [2.05, 4.69) is 16.5 Å². The summed E-state index contributed by atoms with van der Waals surface area (Å²) in [4.78, 5) is 46.3. The van der Waals surface area contributed by atoms with E-state index in [9.17, 15) is 19.7 Å². The highest BCUT2D eigenvalue weighted by atomic mass is 16.6. The Morgan fingerprint density at radius 1 is 1.00 bits per heavy atom. The molecule has 9 nitrogen and oxygen atoms in total. The predicted octanol–water partition coefficient (Wildman–Crippen LogP) is 2.08. The number of nitro benzene ring substituents is 1. The van der Waals surface area contributed by atoms with Crippen molar-refractivity contribution in [1.82, 2.24) is 14.8 Å². The molecule has 0 aliphatic carbocycles. The molecule has 2 aromatic rings. The fourth-order valence-electron chi connectivity index (χ4n) is 3.86. The van der Waals surface area contributed by atoms with Gasteiger partial charge in [-0.2, -0.15) is 0 Å². The van der Waals surface area contributed by atoms with Crippen LogP contribution in [0.5, 0.6) is 0 Å². The van der Waals surface area contributed by atoms with Gasteiger partial charge in [-0.15, -0.1) is 6.58 Å². The number of nitro groups is 1. The Labute approximate surface area is 179 Å². The molecule has 31 heavy (non-hydrogen) atoms. The molecule has 0 unspecified atom stereocenters. The van der Waals surface area contributed by atoms with Crippen LogP contribution in [-0.2, 0) is 9.59 Å². The first kappa shape index (κ1) is 20.3. The van der Waals surface area contributed by atoms with Gasteiger partial charge >= 0.3 is 0 Å². The number of pyridine rings is 1. The normalized spacial score (nSPS) is 16.8. The van der Waals surface area contributed by atoms with E-state index in [1.165, 1.54) is 30.3 Å². The Morgan fingerprint density at radius 2 is 1.68 bits per heavy atom. The number of non-ortho nitro benzene ring substituents is 1. The summed E-state index contributed by atoms with van der Waals surface area (Å²) < 4.78 is 0. The van der Waals surface area contributed by atoms with Gasteiger partial charge in [0.05, 0.1) is 10.5 Å². The summed E-state index contributed by atoms with van der Waals surface area (Å²) in [5, 5.41) is 11.0. The van der Waals surface area contributed by atoms with E-state index in [0.29, 0.717) is 37.4 Å². The maximum Gasteiger partial charge on any atom is 0.278 e. The van der Waals surface area contributed by atoms with Gasteiger partial charge in [-0.1, -0.05) is 12.1 Å². The lowest BCUT2D eigenvalue weighted by atomic mass is 10.0. The lowest BCUT2D eigenvalue weighted by Gasteiger charge is -2.37. The first-order valence-electron chi connectivity index (χ1n) is 9.88. The molecule has 3 heterocycles. The second kappa shape index (κ2) is 8.39. The number of amides is 2. The van der Waals surface area contributed by atoms with Gasteiger partial charge in [0.1, 0.15) is 11.5 Å². The fourth-order valence-corrected chi connectivity index (χ4v) is 3.86. The van der Waals surface area contributed by atoms with Crippen molar-refractivity contribution in [1.29, 1.82) is 0 Å². The minimum absolute atomic E-state index is 0.0744. The highest BCUT2D eigenvalue weighted by Gasteiger charge is 2.41. The second-order valence-electron chi connectivity index (χ2n) is 7.20. The maximum atomic E-state index is 13.1. The van der Waals surface area contributed by atoms with Crippen LogP contribution in [-0.4, -0.2) is 64.2 Å². The van der Waals surface area contributed by atoms with Crippen LogP contribution in [0, 0.1) is 10.1 Å². The van der Waals surface area contributed by atoms with Gasteiger partial charge in [0.15, 0.2) is 0 Å². The average Bonchev–Trinajstić information content (AvgIpc) is 3.05. The Balaban J connectivity index is 1.65. The van der Waals surface area contributed by atoms with Crippen LogP contribution in [0.3, 0.4) is 0 Å². The molecule has 1 aromatic heterocycles. The zero-order valence-electron chi connectivity index (χ0n) is 16.8. The molecule has 0 bridgehead atoms. The summed E-state index contributed by atoms with van der Waals surface area (Å²) in [6.07, 6.45) is 3.24. The maximum absolute atomic E-state index is 13.1. The molecule has 2 amide bonds. The molecule has 9 heteroatoms. The molecule has 0 atom stereocenters. The Bertz CT molecular complexity index is 1060. The van der Waals surface area contributed by atoms with Crippen LogP contribution in [0.2, 0.25) is 0 Å². The predicted molar refractivity (Wildman–Crippen MR) is 115 cm³/mol. The van der Waals surface area contributed by atoms with E-state index >= 15 is 0 Å². The zero-order valence-corrected chi connectivity index (χ0v) is 16.8. The fraction of sp³-hybridized carbons (Fsp3) is 0.227. The van der Waals surface area contributed by atoms with E-state index in [1.54, 1.807) is 6.20 Å². The molecule has 158 valence electrons. The summed E-state index contributed by atoms with van der Waals surface area (Å²) in [6.45, 7) is 6.13. The molecule has 1 aromatic carbocycles. The van der Waals surface area contributed by atoms with Gasteiger partial charge < -0.3 is 9.80 Å². The van der Waals surface area contributed by atoms with Crippen LogP contribution < -0.4 is 4.90 Å². The Morgan fingerprint density at radius 3 is 2.26 bits per heavy atom. The lowest BCUT2D eigenvalue weighted by Crippen LogP contribution is -2.47. The van der Waals surface area contributed by atoms with Crippen LogP contribution in [0.1, 0.15) is 5.56 Å². The number of aromatic nitrogens is 1. The molecule has 0 radical (unpaired) electrons. The molecule has 2 aliphatic heterocycles. The minimum Gasteiger partial charge on any atom is -0.363 e. The molecule has 4 rings (SSSR count). The van der Waals surface area contributed by atoms with Gasteiger partial charge in [0.25, 0.3) is 17.5 Å². The number of piperazine rings is 1. The van der Waals surface area contributed by atoms with E-state index < -0.39 is 10.8 Å². The van der Waals surface area contributed by atoms with Gasteiger partial charge in [-0.25, -0.2) is 4.98 Å². The van der Waals surface area contributed by atoms with Crippen molar-refractivity contribution < 1.29 is 14.5 Å². The number of hydrogen-bond donors (Lipinski definition) is 0. The standard InChI is InChI=1S/C22H21N5O4/c1-2-11-26-21(28)19(16-6-8-17(9-7-16)27(30)31)20(22(26)29)25-14-12-24(13-15-25)18-5-3-4-10-23-18/h2-10H,1,11-15H2.